The van der Waals surface area contributed by atoms with Crippen LogP contribution in [0.25, 0.3) is 10.8 Å². The van der Waals surface area contributed by atoms with Crippen LogP contribution in [-0.2, 0) is 17.7 Å². The summed E-state index contributed by atoms with van der Waals surface area (Å²) in [4.78, 5) is 0. The zero-order chi connectivity index (χ0) is 24.5. The summed E-state index contributed by atoms with van der Waals surface area (Å²) in [5, 5.41) is 14.2. The van der Waals surface area contributed by atoms with Crippen molar-refractivity contribution in [3.05, 3.63) is 120 Å². The van der Waals surface area contributed by atoms with E-state index in [9.17, 15) is 5.11 Å². The molecule has 0 aromatic heterocycles. The van der Waals surface area contributed by atoms with Crippen LogP contribution in [0.5, 0.6) is 0 Å². The van der Waals surface area contributed by atoms with E-state index in [1.165, 1.54) is 0 Å². The summed E-state index contributed by atoms with van der Waals surface area (Å²) < 4.78 is 19.9. The highest BCUT2D eigenvalue weighted by molar-refractivity contribution is 7.59. The highest BCUT2D eigenvalue weighted by atomic mass is 31.2. The Morgan fingerprint density at radius 2 is 1.19 bits per heavy atom. The van der Waals surface area contributed by atoms with Gasteiger partial charge in [-0.3, -0.25) is 4.57 Å². The molecule has 4 aromatic rings. The second-order valence-electron chi connectivity index (χ2n) is 10.2. The van der Waals surface area contributed by atoms with E-state index in [2.05, 4.69) is 45.7 Å². The second-order valence-corrected chi connectivity index (χ2v) is 12.8. The van der Waals surface area contributed by atoms with Gasteiger partial charge in [-0.25, -0.2) is 9.34 Å². The molecule has 1 saturated heterocycles. The number of hydrogen-bond donors (Lipinski definition) is 1. The predicted octanol–water partition coefficient (Wildman–Crippen LogP) is 7.35. The molecular formula is C31H33N2O2P. The van der Waals surface area contributed by atoms with E-state index in [-0.39, 0.29) is 12.1 Å². The van der Waals surface area contributed by atoms with Crippen LogP contribution in [0.4, 0.5) is 0 Å². The lowest BCUT2D eigenvalue weighted by atomic mass is 9.90. The van der Waals surface area contributed by atoms with Crippen LogP contribution in [0.1, 0.15) is 48.2 Å². The minimum atomic E-state index is -3.40. The van der Waals surface area contributed by atoms with Gasteiger partial charge in [-0.05, 0) is 46.4 Å². The van der Waals surface area contributed by atoms with E-state index in [1.54, 1.807) is 0 Å². The lowest BCUT2D eigenvalue weighted by Crippen LogP contribution is -2.39. The van der Waals surface area contributed by atoms with Gasteiger partial charge in [0.15, 0.2) is 5.85 Å². The van der Waals surface area contributed by atoms with Crippen molar-refractivity contribution in [1.29, 1.82) is 0 Å². The first-order valence-corrected chi connectivity index (χ1v) is 14.7. The summed E-state index contributed by atoms with van der Waals surface area (Å²) >= 11 is 0. The fourth-order valence-electron chi connectivity index (χ4n) is 6.18. The summed E-state index contributed by atoms with van der Waals surface area (Å²) in [6, 6.07) is 35.1. The summed E-state index contributed by atoms with van der Waals surface area (Å²) in [5.74, 6) is -1.08. The molecule has 5 heteroatoms. The molecule has 1 saturated carbocycles. The zero-order valence-electron chi connectivity index (χ0n) is 20.5. The van der Waals surface area contributed by atoms with Gasteiger partial charge in [0.2, 0.25) is 7.44 Å². The molecule has 4 aromatic carbocycles. The minimum absolute atomic E-state index is 0.170. The Labute approximate surface area is 213 Å². The number of aliphatic hydroxyl groups is 1. The molecule has 4 nitrogen and oxygen atoms in total. The molecule has 1 aliphatic heterocycles. The maximum atomic E-state index is 15.5. The lowest BCUT2D eigenvalue weighted by molar-refractivity contribution is 0.197. The Kier molecular flexibility index (Phi) is 6.54. The third-order valence-electron chi connectivity index (χ3n) is 7.96. The molecule has 184 valence electrons. The van der Waals surface area contributed by atoms with Crippen molar-refractivity contribution in [1.82, 2.24) is 9.34 Å². The molecule has 0 bridgehead atoms. The van der Waals surface area contributed by atoms with Crippen molar-refractivity contribution in [2.75, 3.05) is 0 Å². The van der Waals surface area contributed by atoms with Crippen LogP contribution >= 0.6 is 7.44 Å². The maximum Gasteiger partial charge on any atom is 0.249 e. The Hall–Kier alpha value is -2.75. The van der Waals surface area contributed by atoms with Crippen molar-refractivity contribution in [2.24, 2.45) is 0 Å². The fraction of sp³-hybridized carbons (Fsp3) is 0.290. The van der Waals surface area contributed by atoms with Gasteiger partial charge in [0.25, 0.3) is 0 Å². The number of hydrogen-bond acceptors (Lipinski definition) is 2. The average Bonchev–Trinajstić information content (AvgIpc) is 3.17. The van der Waals surface area contributed by atoms with Gasteiger partial charge in [-0.2, -0.15) is 0 Å². The van der Waals surface area contributed by atoms with Crippen molar-refractivity contribution in [3.8, 4) is 0 Å². The van der Waals surface area contributed by atoms with Gasteiger partial charge < -0.3 is 5.11 Å². The first-order chi connectivity index (χ1) is 17.6. The maximum absolute atomic E-state index is 15.5. The Morgan fingerprint density at radius 3 is 1.75 bits per heavy atom. The molecule has 1 N–H and O–H groups in total. The molecule has 2 fully saturated rings. The van der Waals surface area contributed by atoms with Crippen LogP contribution in [0.15, 0.2) is 103 Å². The van der Waals surface area contributed by atoms with E-state index in [0.717, 1.165) is 53.1 Å². The van der Waals surface area contributed by atoms with E-state index < -0.39 is 13.3 Å². The largest absolute Gasteiger partial charge is 0.378 e. The quantitative estimate of drug-likeness (QED) is 0.283. The highest BCUT2D eigenvalue weighted by Gasteiger charge is 2.58. The van der Waals surface area contributed by atoms with Crippen molar-refractivity contribution >= 4 is 18.2 Å². The van der Waals surface area contributed by atoms with Crippen LogP contribution in [0, 0.1) is 0 Å². The number of fused-ring (bicyclic) bond motifs is 2. The molecule has 3 atom stereocenters. The molecule has 0 spiro atoms. The van der Waals surface area contributed by atoms with Gasteiger partial charge in [0, 0.05) is 25.2 Å². The summed E-state index contributed by atoms with van der Waals surface area (Å²) in [6.07, 6.45) is 4.30. The van der Waals surface area contributed by atoms with Crippen LogP contribution < -0.4 is 0 Å². The third-order valence-corrected chi connectivity index (χ3v) is 11.2. The Balaban J connectivity index is 1.47. The van der Waals surface area contributed by atoms with Gasteiger partial charge in [-0.1, -0.05) is 110 Å². The van der Waals surface area contributed by atoms with E-state index >= 15 is 4.57 Å². The number of rotatable bonds is 6. The first kappa shape index (κ1) is 23.6. The zero-order valence-corrected chi connectivity index (χ0v) is 21.4. The first-order valence-electron chi connectivity index (χ1n) is 13.0. The van der Waals surface area contributed by atoms with Crippen LogP contribution in [0.2, 0.25) is 0 Å². The molecule has 1 aliphatic carbocycles. The molecule has 2 aliphatic rings. The monoisotopic (exact) mass is 496 g/mol. The van der Waals surface area contributed by atoms with Crippen LogP contribution in [0.3, 0.4) is 0 Å². The molecule has 36 heavy (non-hydrogen) atoms. The molecule has 6 rings (SSSR count). The second kappa shape index (κ2) is 9.95. The SMILES string of the molecule is O=P1(C(O)c2ccc3ccccc3c2)N(Cc2ccccc2)[C@@H]2CCCC[C@H]2N1Cc1ccccc1. The fourth-order valence-corrected chi connectivity index (χ4v) is 9.71. The number of nitrogens with zero attached hydrogens (tertiary/aromatic N) is 2. The Morgan fingerprint density at radius 1 is 0.694 bits per heavy atom. The molecule has 1 unspecified atom stereocenters. The average molecular weight is 497 g/mol. The molecule has 0 radical (unpaired) electrons. The number of aliphatic hydroxyl groups excluding tert-OH is 1. The minimum Gasteiger partial charge on any atom is -0.378 e. The van der Waals surface area contributed by atoms with E-state index in [1.807, 2.05) is 66.7 Å². The normalized spacial score (nSPS) is 22.9. The summed E-state index contributed by atoms with van der Waals surface area (Å²) in [7, 11) is -3.40. The van der Waals surface area contributed by atoms with Gasteiger partial charge in [0.05, 0.1) is 0 Å². The van der Waals surface area contributed by atoms with E-state index in [4.69, 9.17) is 0 Å². The van der Waals surface area contributed by atoms with Gasteiger partial charge in [-0.15, -0.1) is 0 Å². The van der Waals surface area contributed by atoms with Crippen molar-refractivity contribution in [3.63, 3.8) is 0 Å². The summed E-state index contributed by atoms with van der Waals surface area (Å²) in [5.41, 5.74) is 3.00. The van der Waals surface area contributed by atoms with E-state index in [0.29, 0.717) is 13.1 Å². The summed E-state index contributed by atoms with van der Waals surface area (Å²) in [6.45, 7) is 1.16. The van der Waals surface area contributed by atoms with Gasteiger partial charge in [0.1, 0.15) is 0 Å². The van der Waals surface area contributed by atoms with Crippen molar-refractivity contribution < 1.29 is 9.67 Å². The Bertz CT molecular complexity index is 1320. The molecule has 0 amide bonds. The van der Waals surface area contributed by atoms with Gasteiger partial charge >= 0.3 is 0 Å². The molecular weight excluding hydrogens is 463 g/mol. The predicted molar refractivity (Wildman–Crippen MR) is 147 cm³/mol. The topological polar surface area (TPSA) is 43.8 Å². The highest BCUT2D eigenvalue weighted by Crippen LogP contribution is 2.71. The standard InChI is InChI=1S/C31H33N2O2P/c34-31(28-20-19-26-15-7-8-16-27(26)21-28)36(35)32(22-24-11-3-1-4-12-24)29-17-9-10-18-30(29)33(36)23-25-13-5-2-6-14-25/h1-8,11-16,19-21,29-31,34H,9-10,17-18,22-23H2/t29-,30-,31?/m1/s1. The lowest BCUT2D eigenvalue weighted by Gasteiger charge is -2.35. The van der Waals surface area contributed by atoms with Crippen molar-refractivity contribution in [2.45, 2.75) is 56.7 Å². The van der Waals surface area contributed by atoms with Crippen LogP contribution in [-0.4, -0.2) is 26.5 Å². The smallest absolute Gasteiger partial charge is 0.249 e. The number of benzene rings is 4. The molecule has 1 heterocycles. The third kappa shape index (κ3) is 4.23.